The molecule has 0 fully saturated rings. The molecule has 2 rings (SSSR count). The smallest absolute Gasteiger partial charge is 0.252 e. The van der Waals surface area contributed by atoms with E-state index < -0.39 is 0 Å². The molecule has 1 amide bonds. The summed E-state index contributed by atoms with van der Waals surface area (Å²) in [6, 6.07) is 1.61. The van der Waals surface area contributed by atoms with Gasteiger partial charge >= 0.3 is 0 Å². The second kappa shape index (κ2) is 7.08. The average Bonchev–Trinajstić information content (AvgIpc) is 2.87. The SMILES string of the molecule is CCNc1ncc(C(=O)NCCn2cc(C)cn2)cc1Cl. The van der Waals surface area contributed by atoms with E-state index >= 15 is 0 Å². The lowest BCUT2D eigenvalue weighted by molar-refractivity contribution is 0.0951. The van der Waals surface area contributed by atoms with E-state index in [0.717, 1.165) is 12.1 Å². The van der Waals surface area contributed by atoms with Gasteiger partial charge in [-0.3, -0.25) is 9.48 Å². The van der Waals surface area contributed by atoms with Gasteiger partial charge in [0.2, 0.25) is 0 Å². The fourth-order valence-electron chi connectivity index (χ4n) is 1.83. The molecule has 2 aromatic rings. The number of aryl methyl sites for hydroxylation is 1. The monoisotopic (exact) mass is 307 g/mol. The average molecular weight is 308 g/mol. The highest BCUT2D eigenvalue weighted by Crippen LogP contribution is 2.19. The lowest BCUT2D eigenvalue weighted by Crippen LogP contribution is -2.27. The molecule has 0 spiro atoms. The maximum atomic E-state index is 12.0. The Balaban J connectivity index is 1.89. The van der Waals surface area contributed by atoms with Gasteiger partial charge in [0.05, 0.1) is 23.3 Å². The number of carbonyl (C=O) groups is 1. The van der Waals surface area contributed by atoms with Crippen molar-refractivity contribution < 1.29 is 4.79 Å². The molecule has 0 aliphatic carbocycles. The number of anilines is 1. The molecular weight excluding hydrogens is 290 g/mol. The van der Waals surface area contributed by atoms with Crippen molar-refractivity contribution in [2.45, 2.75) is 20.4 Å². The number of amides is 1. The number of hydrogen-bond donors (Lipinski definition) is 2. The van der Waals surface area contributed by atoms with Crippen LogP contribution in [0.1, 0.15) is 22.8 Å². The lowest BCUT2D eigenvalue weighted by atomic mass is 10.2. The number of rotatable bonds is 6. The quantitative estimate of drug-likeness (QED) is 0.857. The molecule has 0 atom stereocenters. The van der Waals surface area contributed by atoms with Crippen molar-refractivity contribution in [2.75, 3.05) is 18.4 Å². The third-order valence-electron chi connectivity index (χ3n) is 2.84. The highest BCUT2D eigenvalue weighted by Gasteiger charge is 2.09. The van der Waals surface area contributed by atoms with Gasteiger partial charge in [0.1, 0.15) is 5.82 Å². The van der Waals surface area contributed by atoms with Crippen LogP contribution >= 0.6 is 11.6 Å². The van der Waals surface area contributed by atoms with Crippen LogP contribution in [0, 0.1) is 6.92 Å². The topological polar surface area (TPSA) is 71.8 Å². The van der Waals surface area contributed by atoms with Crippen molar-refractivity contribution in [3.8, 4) is 0 Å². The van der Waals surface area contributed by atoms with E-state index in [-0.39, 0.29) is 5.91 Å². The molecule has 0 saturated carbocycles. The Labute approximate surface area is 128 Å². The normalized spacial score (nSPS) is 10.4. The van der Waals surface area contributed by atoms with E-state index in [1.807, 2.05) is 20.0 Å². The minimum absolute atomic E-state index is 0.198. The molecule has 6 nitrogen and oxygen atoms in total. The predicted octanol–water partition coefficient (Wildman–Crippen LogP) is 2.10. The number of carbonyl (C=O) groups excluding carboxylic acids is 1. The molecule has 0 radical (unpaired) electrons. The molecule has 21 heavy (non-hydrogen) atoms. The van der Waals surface area contributed by atoms with Crippen molar-refractivity contribution in [1.82, 2.24) is 20.1 Å². The minimum Gasteiger partial charge on any atom is -0.369 e. The Morgan fingerprint density at radius 1 is 1.43 bits per heavy atom. The fourth-order valence-corrected chi connectivity index (χ4v) is 2.07. The highest BCUT2D eigenvalue weighted by molar-refractivity contribution is 6.33. The van der Waals surface area contributed by atoms with Gasteiger partial charge in [-0.15, -0.1) is 0 Å². The highest BCUT2D eigenvalue weighted by atomic mass is 35.5. The molecule has 0 aliphatic rings. The van der Waals surface area contributed by atoms with Crippen LogP contribution < -0.4 is 10.6 Å². The second-order valence-electron chi connectivity index (χ2n) is 4.62. The summed E-state index contributed by atoms with van der Waals surface area (Å²) in [6.45, 7) is 5.77. The van der Waals surface area contributed by atoms with Crippen LogP contribution in [0.15, 0.2) is 24.7 Å². The molecule has 2 N–H and O–H groups in total. The number of nitrogens with zero attached hydrogens (tertiary/aromatic N) is 3. The molecule has 2 aromatic heterocycles. The second-order valence-corrected chi connectivity index (χ2v) is 5.03. The van der Waals surface area contributed by atoms with Crippen molar-refractivity contribution in [3.63, 3.8) is 0 Å². The molecule has 2 heterocycles. The van der Waals surface area contributed by atoms with Crippen LogP contribution in [0.3, 0.4) is 0 Å². The Bertz CT molecular complexity index is 626. The maximum Gasteiger partial charge on any atom is 0.252 e. The first-order valence-electron chi connectivity index (χ1n) is 6.77. The van der Waals surface area contributed by atoms with Crippen LogP contribution in [-0.2, 0) is 6.54 Å². The summed E-state index contributed by atoms with van der Waals surface area (Å²) < 4.78 is 1.79. The first kappa shape index (κ1) is 15.3. The van der Waals surface area contributed by atoms with Crippen LogP contribution in [0.25, 0.3) is 0 Å². The van der Waals surface area contributed by atoms with Gasteiger partial charge in [-0.05, 0) is 25.5 Å². The third-order valence-corrected chi connectivity index (χ3v) is 3.12. The summed E-state index contributed by atoms with van der Waals surface area (Å²) in [5.41, 5.74) is 1.54. The molecule has 0 aliphatic heterocycles. The number of aromatic nitrogens is 3. The van der Waals surface area contributed by atoms with E-state index in [2.05, 4.69) is 20.7 Å². The fraction of sp³-hybridized carbons (Fsp3) is 0.357. The molecular formula is C14H18ClN5O. The van der Waals surface area contributed by atoms with Crippen molar-refractivity contribution >= 4 is 23.3 Å². The molecule has 0 saturated heterocycles. The molecule has 7 heteroatoms. The van der Waals surface area contributed by atoms with Gasteiger partial charge in [-0.1, -0.05) is 11.6 Å². The van der Waals surface area contributed by atoms with Crippen LogP contribution in [0.4, 0.5) is 5.82 Å². The number of pyridine rings is 1. The van der Waals surface area contributed by atoms with E-state index in [9.17, 15) is 4.79 Å². The summed E-state index contributed by atoms with van der Waals surface area (Å²) in [7, 11) is 0. The number of halogens is 1. The van der Waals surface area contributed by atoms with Crippen LogP contribution in [0.2, 0.25) is 5.02 Å². The number of nitrogens with one attached hydrogen (secondary N) is 2. The first-order chi connectivity index (χ1) is 10.1. The van der Waals surface area contributed by atoms with E-state index in [0.29, 0.717) is 29.5 Å². The Morgan fingerprint density at radius 2 is 2.24 bits per heavy atom. The Hall–Kier alpha value is -2.08. The van der Waals surface area contributed by atoms with E-state index in [4.69, 9.17) is 11.6 Å². The molecule has 0 aromatic carbocycles. The summed E-state index contributed by atoms with van der Waals surface area (Å²) >= 11 is 6.07. The van der Waals surface area contributed by atoms with Gasteiger partial charge in [-0.25, -0.2) is 4.98 Å². The van der Waals surface area contributed by atoms with E-state index in [1.165, 1.54) is 6.20 Å². The van der Waals surface area contributed by atoms with Crippen molar-refractivity contribution in [2.24, 2.45) is 0 Å². The zero-order valence-corrected chi connectivity index (χ0v) is 12.8. The van der Waals surface area contributed by atoms with E-state index in [1.54, 1.807) is 16.9 Å². The zero-order valence-electron chi connectivity index (χ0n) is 12.1. The predicted molar refractivity (Wildman–Crippen MR) is 82.7 cm³/mol. The lowest BCUT2D eigenvalue weighted by Gasteiger charge is -2.08. The Morgan fingerprint density at radius 3 is 2.86 bits per heavy atom. The van der Waals surface area contributed by atoms with Gasteiger partial charge in [-0.2, -0.15) is 5.10 Å². The largest absolute Gasteiger partial charge is 0.369 e. The molecule has 0 bridgehead atoms. The molecule has 112 valence electrons. The molecule has 0 unspecified atom stereocenters. The standard InChI is InChI=1S/C14H18ClN5O/c1-3-16-13-12(15)6-11(8-18-13)14(21)17-4-5-20-9-10(2)7-19-20/h6-9H,3-5H2,1-2H3,(H,16,18)(H,17,21). The minimum atomic E-state index is -0.198. The van der Waals surface area contributed by atoms with Gasteiger partial charge in [0.25, 0.3) is 5.91 Å². The summed E-state index contributed by atoms with van der Waals surface area (Å²) in [5, 5.41) is 10.4. The van der Waals surface area contributed by atoms with Crippen molar-refractivity contribution in [3.05, 3.63) is 40.8 Å². The van der Waals surface area contributed by atoms with Gasteiger partial charge < -0.3 is 10.6 Å². The summed E-state index contributed by atoms with van der Waals surface area (Å²) in [6.07, 6.45) is 5.22. The van der Waals surface area contributed by atoms with Crippen molar-refractivity contribution in [1.29, 1.82) is 0 Å². The number of hydrogen-bond acceptors (Lipinski definition) is 4. The summed E-state index contributed by atoms with van der Waals surface area (Å²) in [5.74, 6) is 0.388. The maximum absolute atomic E-state index is 12.0. The first-order valence-corrected chi connectivity index (χ1v) is 7.14. The van der Waals surface area contributed by atoms with Crippen LogP contribution in [-0.4, -0.2) is 33.8 Å². The van der Waals surface area contributed by atoms with Crippen LogP contribution in [0.5, 0.6) is 0 Å². The third kappa shape index (κ3) is 4.19. The Kier molecular flexibility index (Phi) is 5.16. The summed E-state index contributed by atoms with van der Waals surface area (Å²) in [4.78, 5) is 16.1. The zero-order chi connectivity index (χ0) is 15.2. The van der Waals surface area contributed by atoms with Gasteiger partial charge in [0.15, 0.2) is 0 Å². The van der Waals surface area contributed by atoms with Gasteiger partial charge in [0, 0.05) is 25.5 Å².